The van der Waals surface area contributed by atoms with Gasteiger partial charge in [0.2, 0.25) is 0 Å². The number of hydrogen-bond donors (Lipinski definition) is 3. The molecule has 0 aliphatic rings. The van der Waals surface area contributed by atoms with Gasteiger partial charge in [-0.3, -0.25) is 25.4 Å². The number of aromatic nitrogens is 3. The highest BCUT2D eigenvalue weighted by molar-refractivity contribution is 5.96. The maximum atomic E-state index is 11.7. The first-order valence-electron chi connectivity index (χ1n) is 6.86. The van der Waals surface area contributed by atoms with Crippen LogP contribution < -0.4 is 10.9 Å². The van der Waals surface area contributed by atoms with Gasteiger partial charge in [0.05, 0.1) is 22.9 Å². The number of hydrogen-bond acceptors (Lipinski definition) is 4. The van der Waals surface area contributed by atoms with E-state index in [1.807, 2.05) is 24.3 Å². The average molecular weight is 307 g/mol. The largest absolute Gasteiger partial charge is 0.357 e. The highest BCUT2D eigenvalue weighted by Gasteiger charge is 2.05. The lowest BCUT2D eigenvalue weighted by atomic mass is 10.3. The van der Waals surface area contributed by atoms with Crippen molar-refractivity contribution in [3.05, 3.63) is 66.3 Å². The molecular weight excluding hydrogens is 294 g/mol. The topological polar surface area (TPSA) is 99.8 Å². The Morgan fingerprint density at radius 1 is 1.04 bits per heavy atom. The minimum Gasteiger partial charge on any atom is -0.357 e. The first kappa shape index (κ1) is 14.5. The molecule has 0 aliphatic heterocycles. The van der Waals surface area contributed by atoms with Crippen molar-refractivity contribution < 1.29 is 9.59 Å². The zero-order valence-electron chi connectivity index (χ0n) is 12.0. The number of H-pyrrole nitrogens is 1. The van der Waals surface area contributed by atoms with E-state index in [1.165, 1.54) is 12.2 Å². The fourth-order valence-electron chi connectivity index (χ4n) is 1.91. The molecule has 1 aromatic carbocycles. The average Bonchev–Trinajstić information content (AvgIpc) is 3.12. The fraction of sp³-hybridized carbons (Fsp3) is 0. The molecule has 2 heterocycles. The van der Waals surface area contributed by atoms with Crippen molar-refractivity contribution >= 4 is 28.9 Å². The summed E-state index contributed by atoms with van der Waals surface area (Å²) in [5.74, 6) is -0.901. The van der Waals surface area contributed by atoms with Crippen molar-refractivity contribution in [3.63, 3.8) is 0 Å². The van der Waals surface area contributed by atoms with Crippen LogP contribution in [0.4, 0.5) is 0 Å². The number of carbonyl (C=O) groups is 2. The number of aromatic amines is 1. The minimum absolute atomic E-state index is 0.356. The Labute approximate surface area is 131 Å². The Hall–Kier alpha value is -3.48. The molecule has 23 heavy (non-hydrogen) atoms. The molecule has 0 bridgehead atoms. The van der Waals surface area contributed by atoms with E-state index >= 15 is 0 Å². The van der Waals surface area contributed by atoms with Crippen LogP contribution in [0.25, 0.3) is 17.1 Å². The van der Waals surface area contributed by atoms with Crippen LogP contribution in [-0.2, 0) is 4.79 Å². The third-order valence-electron chi connectivity index (χ3n) is 3.01. The molecule has 3 aromatic rings. The molecule has 7 heteroatoms. The molecule has 2 aromatic heterocycles. The van der Waals surface area contributed by atoms with Crippen molar-refractivity contribution in [2.45, 2.75) is 0 Å². The fourth-order valence-corrected chi connectivity index (χ4v) is 1.91. The highest BCUT2D eigenvalue weighted by Crippen LogP contribution is 2.09. The Morgan fingerprint density at radius 2 is 1.87 bits per heavy atom. The molecule has 7 nitrogen and oxygen atoms in total. The smallest absolute Gasteiger partial charge is 0.286 e. The molecule has 0 spiro atoms. The Morgan fingerprint density at radius 3 is 2.65 bits per heavy atom. The van der Waals surface area contributed by atoms with E-state index in [-0.39, 0.29) is 0 Å². The van der Waals surface area contributed by atoms with Gasteiger partial charge < -0.3 is 4.98 Å². The molecule has 0 atom stereocenters. The molecule has 3 rings (SSSR count). The summed E-state index contributed by atoms with van der Waals surface area (Å²) >= 11 is 0. The van der Waals surface area contributed by atoms with Gasteiger partial charge in [0.15, 0.2) is 0 Å². The minimum atomic E-state index is -0.472. The predicted octanol–water partition coefficient (Wildman–Crippen LogP) is 1.43. The van der Waals surface area contributed by atoms with E-state index in [0.717, 1.165) is 11.0 Å². The van der Waals surface area contributed by atoms with Crippen LogP contribution in [0.5, 0.6) is 0 Å². The molecule has 0 unspecified atom stereocenters. The molecular formula is C16H13N5O2. The second kappa shape index (κ2) is 6.52. The summed E-state index contributed by atoms with van der Waals surface area (Å²) in [6.07, 6.45) is 5.99. The number of fused-ring (bicyclic) bond motifs is 1. The van der Waals surface area contributed by atoms with Crippen molar-refractivity contribution in [3.8, 4) is 0 Å². The van der Waals surface area contributed by atoms with Gasteiger partial charge in [-0.1, -0.05) is 12.1 Å². The SMILES string of the molecule is O=C(/C=C/c1cnc2ccccc2n1)NNC(=O)c1ccc[nH]1. The van der Waals surface area contributed by atoms with E-state index < -0.39 is 11.8 Å². The Balaban J connectivity index is 1.60. The second-order valence-corrected chi connectivity index (χ2v) is 4.64. The molecule has 0 saturated heterocycles. The normalized spacial score (nSPS) is 10.8. The molecule has 0 saturated carbocycles. The molecule has 3 N–H and O–H groups in total. The van der Waals surface area contributed by atoms with Gasteiger partial charge in [-0.05, 0) is 30.3 Å². The summed E-state index contributed by atoms with van der Waals surface area (Å²) in [6, 6.07) is 10.7. The Kier molecular flexibility index (Phi) is 4.10. The van der Waals surface area contributed by atoms with E-state index in [2.05, 4.69) is 25.8 Å². The number of amides is 2. The standard InChI is InChI=1S/C16H13N5O2/c22-15(20-21-16(23)14-6-3-9-17-14)8-7-11-10-18-12-4-1-2-5-13(12)19-11/h1-10,17H,(H,20,22)(H,21,23)/b8-7+. The van der Waals surface area contributed by atoms with Crippen LogP contribution in [0.15, 0.2) is 54.9 Å². The summed E-state index contributed by atoms with van der Waals surface area (Å²) in [5, 5.41) is 0. The first-order chi connectivity index (χ1) is 11.2. The zero-order chi connectivity index (χ0) is 16.1. The molecule has 0 fully saturated rings. The lowest BCUT2D eigenvalue weighted by Gasteiger charge is -2.03. The summed E-state index contributed by atoms with van der Waals surface area (Å²) in [5.41, 5.74) is 7.02. The molecule has 0 radical (unpaired) electrons. The molecule has 114 valence electrons. The van der Waals surface area contributed by atoms with Gasteiger partial charge in [-0.2, -0.15) is 0 Å². The summed E-state index contributed by atoms with van der Waals surface area (Å²) < 4.78 is 0. The van der Waals surface area contributed by atoms with Crippen LogP contribution in [0.1, 0.15) is 16.2 Å². The van der Waals surface area contributed by atoms with Crippen LogP contribution in [-0.4, -0.2) is 26.8 Å². The third-order valence-corrected chi connectivity index (χ3v) is 3.01. The van der Waals surface area contributed by atoms with Crippen molar-refractivity contribution in [2.75, 3.05) is 0 Å². The van der Waals surface area contributed by atoms with E-state index in [4.69, 9.17) is 0 Å². The maximum Gasteiger partial charge on any atom is 0.286 e. The molecule has 0 aliphatic carbocycles. The third kappa shape index (κ3) is 3.59. The highest BCUT2D eigenvalue weighted by atomic mass is 16.2. The van der Waals surface area contributed by atoms with Crippen molar-refractivity contribution in [1.29, 1.82) is 0 Å². The summed E-state index contributed by atoms with van der Waals surface area (Å²) in [7, 11) is 0. The number of hydrazine groups is 1. The van der Waals surface area contributed by atoms with Crippen molar-refractivity contribution in [1.82, 2.24) is 25.8 Å². The Bertz CT molecular complexity index is 871. The van der Waals surface area contributed by atoms with Crippen LogP contribution in [0, 0.1) is 0 Å². The van der Waals surface area contributed by atoms with Crippen LogP contribution >= 0.6 is 0 Å². The lowest BCUT2D eigenvalue weighted by Crippen LogP contribution is -2.40. The van der Waals surface area contributed by atoms with E-state index in [1.54, 1.807) is 24.5 Å². The number of nitrogens with one attached hydrogen (secondary N) is 3. The maximum absolute atomic E-state index is 11.7. The quantitative estimate of drug-likeness (QED) is 0.503. The monoisotopic (exact) mass is 307 g/mol. The summed E-state index contributed by atoms with van der Waals surface area (Å²) in [6.45, 7) is 0. The van der Waals surface area contributed by atoms with Gasteiger partial charge >= 0.3 is 0 Å². The predicted molar refractivity (Wildman–Crippen MR) is 85.0 cm³/mol. The zero-order valence-corrected chi connectivity index (χ0v) is 12.0. The first-order valence-corrected chi connectivity index (χ1v) is 6.86. The van der Waals surface area contributed by atoms with E-state index in [9.17, 15) is 9.59 Å². The van der Waals surface area contributed by atoms with Gasteiger partial charge in [0.25, 0.3) is 11.8 Å². The lowest BCUT2D eigenvalue weighted by molar-refractivity contribution is -0.117. The van der Waals surface area contributed by atoms with Gasteiger partial charge in [-0.25, -0.2) is 4.98 Å². The van der Waals surface area contributed by atoms with Gasteiger partial charge in [0, 0.05) is 12.3 Å². The number of nitrogens with zero attached hydrogens (tertiary/aromatic N) is 2. The van der Waals surface area contributed by atoms with Gasteiger partial charge in [-0.15, -0.1) is 0 Å². The molecule has 2 amide bonds. The number of benzene rings is 1. The van der Waals surface area contributed by atoms with Crippen LogP contribution in [0.3, 0.4) is 0 Å². The van der Waals surface area contributed by atoms with Crippen molar-refractivity contribution in [2.24, 2.45) is 0 Å². The van der Waals surface area contributed by atoms with E-state index in [0.29, 0.717) is 11.4 Å². The van der Waals surface area contributed by atoms with Gasteiger partial charge in [0.1, 0.15) is 5.69 Å². The summed E-state index contributed by atoms with van der Waals surface area (Å²) in [4.78, 5) is 34.7. The number of para-hydroxylation sites is 2. The number of rotatable bonds is 3. The second-order valence-electron chi connectivity index (χ2n) is 4.64. The van der Waals surface area contributed by atoms with Crippen LogP contribution in [0.2, 0.25) is 0 Å². The number of carbonyl (C=O) groups excluding carboxylic acids is 2.